The first-order chi connectivity index (χ1) is 15.7. The zero-order chi connectivity index (χ0) is 21.7. The van der Waals surface area contributed by atoms with Gasteiger partial charge in [0.15, 0.2) is 15.7 Å². The molecule has 6 rings (SSSR count). The number of hydrogen-bond donors (Lipinski definition) is 1. The molecule has 8 nitrogen and oxygen atoms in total. The molecule has 0 saturated carbocycles. The van der Waals surface area contributed by atoms with Gasteiger partial charge in [-0.25, -0.2) is 18.3 Å². The molecule has 1 aliphatic heterocycles. The minimum atomic E-state index is -0.445. The fourth-order valence-corrected chi connectivity index (χ4v) is 4.95. The average molecular weight is 450 g/mol. The van der Waals surface area contributed by atoms with E-state index in [0.29, 0.717) is 28.6 Å². The van der Waals surface area contributed by atoms with Crippen molar-refractivity contribution in [2.75, 3.05) is 11.4 Å². The summed E-state index contributed by atoms with van der Waals surface area (Å²) in [6.45, 7) is 0.705. The molecule has 1 fully saturated rings. The average Bonchev–Trinajstić information content (AvgIpc) is 3.60. The van der Waals surface area contributed by atoms with E-state index in [1.54, 1.807) is 23.1 Å². The first-order valence-electron chi connectivity index (χ1n) is 10.1. The van der Waals surface area contributed by atoms with Crippen LogP contribution in [0.4, 0.5) is 14.6 Å². The van der Waals surface area contributed by atoms with E-state index in [0.717, 1.165) is 35.0 Å². The second kappa shape index (κ2) is 7.45. The van der Waals surface area contributed by atoms with Crippen LogP contribution in [0.15, 0.2) is 49.1 Å². The number of H-pyrrole nitrogens is 1. The molecule has 0 spiro atoms. The third-order valence-electron chi connectivity index (χ3n) is 5.62. The Kier molecular flexibility index (Phi) is 4.42. The number of nitrogens with zero attached hydrogens (tertiary/aromatic N) is 7. The summed E-state index contributed by atoms with van der Waals surface area (Å²) in [5.41, 5.74) is 2.59. The van der Waals surface area contributed by atoms with Crippen LogP contribution in [0, 0.1) is 11.6 Å². The lowest BCUT2D eigenvalue weighted by atomic mass is 10.0. The van der Waals surface area contributed by atoms with Gasteiger partial charge in [-0.15, -0.1) is 10.2 Å². The first-order valence-corrected chi connectivity index (χ1v) is 10.9. The van der Waals surface area contributed by atoms with E-state index >= 15 is 0 Å². The Bertz CT molecular complexity index is 1410. The van der Waals surface area contributed by atoms with Crippen LogP contribution in [-0.4, -0.2) is 41.5 Å². The van der Waals surface area contributed by atoms with Crippen molar-refractivity contribution in [2.45, 2.75) is 18.9 Å². The molecular weight excluding hydrogens is 434 g/mol. The third-order valence-corrected chi connectivity index (χ3v) is 6.62. The lowest BCUT2D eigenvalue weighted by Gasteiger charge is -2.26. The molecule has 1 saturated heterocycles. The molecule has 5 heterocycles. The molecule has 4 aromatic heterocycles. The summed E-state index contributed by atoms with van der Waals surface area (Å²) in [5, 5.41) is 21.1. The molecule has 1 atom stereocenters. The number of aromatic amines is 1. The first kappa shape index (κ1) is 19.0. The SMILES string of the molecule is Fc1ccc(F)c(C2CCCN2c2ccn3ncc(-c4nnc(-c5cn[nH]c5)s4)c3n2)c1. The van der Waals surface area contributed by atoms with Crippen molar-refractivity contribution in [2.24, 2.45) is 0 Å². The van der Waals surface area contributed by atoms with E-state index in [1.807, 2.05) is 17.2 Å². The lowest BCUT2D eigenvalue weighted by molar-refractivity contribution is 0.560. The van der Waals surface area contributed by atoms with E-state index in [-0.39, 0.29) is 6.04 Å². The predicted molar refractivity (Wildman–Crippen MR) is 115 cm³/mol. The van der Waals surface area contributed by atoms with Crippen molar-refractivity contribution >= 4 is 22.8 Å². The van der Waals surface area contributed by atoms with Gasteiger partial charge in [0, 0.05) is 24.5 Å². The quantitative estimate of drug-likeness (QED) is 0.440. The van der Waals surface area contributed by atoms with Crippen LogP contribution in [0.2, 0.25) is 0 Å². The van der Waals surface area contributed by atoms with Crippen LogP contribution >= 0.6 is 11.3 Å². The molecule has 32 heavy (non-hydrogen) atoms. The van der Waals surface area contributed by atoms with Gasteiger partial charge >= 0.3 is 0 Å². The number of anilines is 1. The highest BCUT2D eigenvalue weighted by atomic mass is 32.1. The molecule has 0 bridgehead atoms. The number of benzene rings is 1. The summed E-state index contributed by atoms with van der Waals surface area (Å²) >= 11 is 1.42. The van der Waals surface area contributed by atoms with E-state index < -0.39 is 11.6 Å². The van der Waals surface area contributed by atoms with Crippen molar-refractivity contribution in [1.82, 2.24) is 35.0 Å². The highest BCUT2D eigenvalue weighted by Crippen LogP contribution is 2.38. The minimum Gasteiger partial charge on any atom is -0.349 e. The van der Waals surface area contributed by atoms with Gasteiger partial charge in [0.1, 0.15) is 17.5 Å². The second-order valence-corrected chi connectivity index (χ2v) is 8.51. The molecule has 5 aromatic rings. The smallest absolute Gasteiger partial charge is 0.167 e. The standard InChI is InChI=1S/C21H16F2N8S/c22-13-3-4-16(23)14(8-13)17-2-1-6-30(17)18-5-7-31-19(27-18)15(11-26-31)21-29-28-20(32-21)12-9-24-25-10-12/h3-5,7-11,17H,1-2,6H2,(H,24,25). The highest BCUT2D eigenvalue weighted by molar-refractivity contribution is 7.18. The van der Waals surface area contributed by atoms with Gasteiger partial charge in [0.2, 0.25) is 0 Å². The van der Waals surface area contributed by atoms with Crippen molar-refractivity contribution in [3.05, 3.63) is 66.3 Å². The molecule has 1 N–H and O–H groups in total. The Morgan fingerprint density at radius 3 is 2.88 bits per heavy atom. The number of hydrogen-bond acceptors (Lipinski definition) is 7. The number of rotatable bonds is 4. The van der Waals surface area contributed by atoms with Crippen molar-refractivity contribution in [3.63, 3.8) is 0 Å². The van der Waals surface area contributed by atoms with Gasteiger partial charge in [-0.1, -0.05) is 11.3 Å². The molecule has 0 aliphatic carbocycles. The van der Waals surface area contributed by atoms with Crippen LogP contribution in [0.1, 0.15) is 24.4 Å². The summed E-state index contributed by atoms with van der Waals surface area (Å²) in [4.78, 5) is 6.84. The second-order valence-electron chi connectivity index (χ2n) is 7.53. The van der Waals surface area contributed by atoms with Crippen molar-refractivity contribution in [3.8, 4) is 21.1 Å². The lowest BCUT2D eigenvalue weighted by Crippen LogP contribution is -2.24. The Hall–Kier alpha value is -3.73. The third kappa shape index (κ3) is 3.12. The largest absolute Gasteiger partial charge is 0.349 e. The maximum atomic E-state index is 14.5. The van der Waals surface area contributed by atoms with Gasteiger partial charge < -0.3 is 4.90 Å². The van der Waals surface area contributed by atoms with Crippen LogP contribution in [0.3, 0.4) is 0 Å². The Labute approximate surface area is 184 Å². The van der Waals surface area contributed by atoms with Gasteiger partial charge in [0.25, 0.3) is 0 Å². The van der Waals surface area contributed by atoms with E-state index in [2.05, 4.69) is 25.5 Å². The molecule has 1 aliphatic rings. The minimum absolute atomic E-state index is 0.277. The molecule has 1 unspecified atom stereocenters. The summed E-state index contributed by atoms with van der Waals surface area (Å²) in [6.07, 6.45) is 8.56. The fraction of sp³-hybridized carbons (Fsp3) is 0.190. The highest BCUT2D eigenvalue weighted by Gasteiger charge is 2.30. The van der Waals surface area contributed by atoms with E-state index in [9.17, 15) is 8.78 Å². The van der Waals surface area contributed by atoms with E-state index in [1.165, 1.54) is 23.5 Å². The monoisotopic (exact) mass is 450 g/mol. The van der Waals surface area contributed by atoms with Gasteiger partial charge in [-0.2, -0.15) is 10.2 Å². The number of nitrogens with one attached hydrogen (secondary N) is 1. The van der Waals surface area contributed by atoms with Crippen LogP contribution in [-0.2, 0) is 0 Å². The predicted octanol–water partition coefficient (Wildman–Crippen LogP) is 4.26. The van der Waals surface area contributed by atoms with Crippen LogP contribution in [0.5, 0.6) is 0 Å². The van der Waals surface area contributed by atoms with Crippen LogP contribution in [0.25, 0.3) is 26.8 Å². The summed E-state index contributed by atoms with van der Waals surface area (Å²) in [5.74, 6) is -0.167. The van der Waals surface area contributed by atoms with Crippen molar-refractivity contribution < 1.29 is 8.78 Å². The summed E-state index contributed by atoms with van der Waals surface area (Å²) < 4.78 is 30.0. The number of aromatic nitrogens is 7. The topological polar surface area (TPSA) is 87.9 Å². The van der Waals surface area contributed by atoms with Gasteiger partial charge in [0.05, 0.1) is 29.6 Å². The Morgan fingerprint density at radius 1 is 1.09 bits per heavy atom. The number of fused-ring (bicyclic) bond motifs is 1. The van der Waals surface area contributed by atoms with Gasteiger partial charge in [-0.3, -0.25) is 5.10 Å². The zero-order valence-electron chi connectivity index (χ0n) is 16.6. The molecule has 1 aromatic carbocycles. The normalized spacial score (nSPS) is 16.3. The summed E-state index contributed by atoms with van der Waals surface area (Å²) in [6, 6.07) is 5.16. The summed E-state index contributed by atoms with van der Waals surface area (Å²) in [7, 11) is 0. The van der Waals surface area contributed by atoms with Gasteiger partial charge in [-0.05, 0) is 37.1 Å². The Balaban J connectivity index is 1.39. The molecule has 11 heteroatoms. The maximum absolute atomic E-state index is 14.5. The van der Waals surface area contributed by atoms with Crippen molar-refractivity contribution in [1.29, 1.82) is 0 Å². The van der Waals surface area contributed by atoms with E-state index in [4.69, 9.17) is 4.98 Å². The van der Waals surface area contributed by atoms with Crippen LogP contribution < -0.4 is 4.90 Å². The number of halogens is 2. The fourth-order valence-electron chi connectivity index (χ4n) is 4.12. The Morgan fingerprint density at radius 2 is 2.00 bits per heavy atom. The molecule has 0 amide bonds. The maximum Gasteiger partial charge on any atom is 0.167 e. The molecular formula is C21H16F2N8S. The molecule has 0 radical (unpaired) electrons. The zero-order valence-corrected chi connectivity index (χ0v) is 17.4. The molecule has 160 valence electrons.